The van der Waals surface area contributed by atoms with Crippen molar-refractivity contribution >= 4 is 33.2 Å². The summed E-state index contributed by atoms with van der Waals surface area (Å²) in [4.78, 5) is 28.7. The lowest BCUT2D eigenvalue weighted by molar-refractivity contribution is -0.117. The number of fused-ring (bicyclic) bond motifs is 1. The van der Waals surface area contributed by atoms with E-state index in [1.807, 2.05) is 39.0 Å². The number of ether oxygens (including phenoxy) is 1. The Morgan fingerprint density at radius 3 is 2.15 bits per heavy atom. The van der Waals surface area contributed by atoms with Crippen LogP contribution in [0.2, 0.25) is 0 Å². The van der Waals surface area contributed by atoms with Crippen LogP contribution in [0.15, 0.2) is 47.4 Å². The van der Waals surface area contributed by atoms with Gasteiger partial charge in [0.1, 0.15) is 0 Å². The maximum atomic E-state index is 12.8. The molecular weight excluding hydrogens is 440 g/mol. The van der Waals surface area contributed by atoms with Crippen molar-refractivity contribution in [1.29, 1.82) is 0 Å². The Kier molecular flexibility index (Phi) is 7.17. The van der Waals surface area contributed by atoms with Crippen LogP contribution in [0, 0.1) is 5.92 Å². The zero-order valence-corrected chi connectivity index (χ0v) is 20.8. The van der Waals surface area contributed by atoms with Crippen LogP contribution in [0.3, 0.4) is 0 Å². The summed E-state index contributed by atoms with van der Waals surface area (Å²) in [6, 6.07) is 12.1. The van der Waals surface area contributed by atoms with E-state index in [1.54, 1.807) is 47.9 Å². The molecule has 1 heterocycles. The number of carbonyl (C=O) groups excluding carboxylic acids is 2. The van der Waals surface area contributed by atoms with Gasteiger partial charge in [-0.3, -0.25) is 9.69 Å². The van der Waals surface area contributed by atoms with E-state index in [1.165, 1.54) is 6.92 Å². The molecule has 1 aliphatic rings. The minimum atomic E-state index is -3.34. The fourth-order valence-electron chi connectivity index (χ4n) is 4.11. The van der Waals surface area contributed by atoms with Crippen molar-refractivity contribution in [3.05, 3.63) is 42.5 Å². The molecule has 2 aromatic carbocycles. The lowest BCUT2D eigenvalue weighted by Crippen LogP contribution is -2.51. The minimum Gasteiger partial charge on any atom is -0.446 e. The zero-order chi connectivity index (χ0) is 24.5. The Bertz CT molecular complexity index is 1140. The normalized spacial score (nSPS) is 16.2. The van der Waals surface area contributed by atoms with Gasteiger partial charge in [-0.05, 0) is 62.1 Å². The molecular formula is C25H32N2O5S. The summed E-state index contributed by atoms with van der Waals surface area (Å²) in [5, 5.41) is 0. The van der Waals surface area contributed by atoms with Gasteiger partial charge in [-0.2, -0.15) is 0 Å². The number of sulfone groups is 1. The predicted molar refractivity (Wildman–Crippen MR) is 130 cm³/mol. The molecule has 0 fully saturated rings. The van der Waals surface area contributed by atoms with E-state index in [0.29, 0.717) is 17.9 Å². The molecule has 1 aliphatic heterocycles. The highest BCUT2D eigenvalue weighted by atomic mass is 32.2. The van der Waals surface area contributed by atoms with Gasteiger partial charge in [0.2, 0.25) is 5.91 Å². The van der Waals surface area contributed by atoms with Gasteiger partial charge in [-0.1, -0.05) is 32.0 Å². The molecule has 3 rings (SSSR count). The molecule has 0 saturated carbocycles. The molecule has 178 valence electrons. The predicted octanol–water partition coefficient (Wildman–Crippen LogP) is 4.89. The summed E-state index contributed by atoms with van der Waals surface area (Å²) in [6.07, 6.45) is -0.737. The average molecular weight is 473 g/mol. The second kappa shape index (κ2) is 9.55. The molecule has 0 aliphatic carbocycles. The fraction of sp³-hybridized carbons (Fsp3) is 0.440. The molecule has 0 unspecified atom stereocenters. The first-order valence-corrected chi connectivity index (χ1v) is 12.8. The number of anilines is 2. The third-order valence-electron chi connectivity index (χ3n) is 5.41. The smallest absolute Gasteiger partial charge is 0.414 e. The van der Waals surface area contributed by atoms with Gasteiger partial charge in [0.25, 0.3) is 0 Å². The number of hydrogen-bond donors (Lipinski definition) is 0. The molecule has 0 bridgehead atoms. The molecule has 0 radical (unpaired) electrons. The maximum Gasteiger partial charge on any atom is 0.414 e. The highest BCUT2D eigenvalue weighted by molar-refractivity contribution is 7.91. The van der Waals surface area contributed by atoms with Gasteiger partial charge in [0.05, 0.1) is 34.2 Å². The van der Waals surface area contributed by atoms with E-state index in [-0.39, 0.29) is 34.6 Å². The molecule has 2 aromatic rings. The highest BCUT2D eigenvalue weighted by Gasteiger charge is 2.34. The van der Waals surface area contributed by atoms with Crippen LogP contribution < -0.4 is 9.80 Å². The van der Waals surface area contributed by atoms with Crippen molar-refractivity contribution in [2.75, 3.05) is 22.1 Å². The van der Waals surface area contributed by atoms with E-state index >= 15 is 0 Å². The molecule has 0 spiro atoms. The van der Waals surface area contributed by atoms with Gasteiger partial charge in [0.15, 0.2) is 9.84 Å². The van der Waals surface area contributed by atoms with Crippen LogP contribution in [0.1, 0.15) is 41.5 Å². The lowest BCUT2D eigenvalue weighted by Gasteiger charge is -2.40. The Balaban J connectivity index is 2.03. The lowest BCUT2D eigenvalue weighted by atomic mass is 10.0. The van der Waals surface area contributed by atoms with Crippen molar-refractivity contribution in [2.24, 2.45) is 5.92 Å². The molecule has 0 saturated heterocycles. The third-order valence-corrected chi connectivity index (χ3v) is 7.50. The summed E-state index contributed by atoms with van der Waals surface area (Å²) >= 11 is 0. The van der Waals surface area contributed by atoms with Crippen molar-refractivity contribution in [1.82, 2.24) is 0 Å². The van der Waals surface area contributed by atoms with Gasteiger partial charge < -0.3 is 9.64 Å². The zero-order valence-electron chi connectivity index (χ0n) is 20.0. The number of amides is 2. The SMILES string of the molecule is CC(=O)N1c2ccc(-c3ccc(S(=O)(=O)CC(C)C)cc3)cc2N(C(=O)OC(C)C)C[C@@H]1C. The van der Waals surface area contributed by atoms with Gasteiger partial charge in [-0.15, -0.1) is 0 Å². The van der Waals surface area contributed by atoms with E-state index in [9.17, 15) is 18.0 Å². The third kappa shape index (κ3) is 5.38. The van der Waals surface area contributed by atoms with Crippen molar-refractivity contribution < 1.29 is 22.7 Å². The molecule has 33 heavy (non-hydrogen) atoms. The molecule has 0 N–H and O–H groups in total. The average Bonchev–Trinajstić information content (AvgIpc) is 2.71. The molecule has 2 amide bonds. The van der Waals surface area contributed by atoms with Crippen molar-refractivity contribution in [3.8, 4) is 11.1 Å². The molecule has 7 nitrogen and oxygen atoms in total. The van der Waals surface area contributed by atoms with Crippen LogP contribution >= 0.6 is 0 Å². The largest absolute Gasteiger partial charge is 0.446 e. The molecule has 0 aromatic heterocycles. The number of benzene rings is 2. The Morgan fingerprint density at radius 1 is 1.00 bits per heavy atom. The standard InChI is InChI=1S/C25H32N2O5S/c1-16(2)15-33(30,31)22-10-7-20(8-11-22)21-9-12-23-24(13-21)26(25(29)32-17(3)4)14-18(5)27(23)19(6)28/h7-13,16-18H,14-15H2,1-6H3/t18-/m0/s1. The van der Waals surface area contributed by atoms with Gasteiger partial charge in [-0.25, -0.2) is 13.2 Å². The summed E-state index contributed by atoms with van der Waals surface area (Å²) in [5.74, 6) is 0.0311. The van der Waals surface area contributed by atoms with E-state index in [4.69, 9.17) is 4.74 Å². The van der Waals surface area contributed by atoms with Gasteiger partial charge in [0, 0.05) is 13.5 Å². The molecule has 1 atom stereocenters. The first kappa shape index (κ1) is 24.8. The van der Waals surface area contributed by atoms with Crippen LogP contribution in [0.25, 0.3) is 11.1 Å². The number of hydrogen-bond acceptors (Lipinski definition) is 5. The van der Waals surface area contributed by atoms with E-state index in [0.717, 1.165) is 11.1 Å². The van der Waals surface area contributed by atoms with Crippen LogP contribution in [0.5, 0.6) is 0 Å². The second-order valence-corrected chi connectivity index (χ2v) is 11.2. The number of nitrogens with zero attached hydrogens (tertiary/aromatic N) is 2. The van der Waals surface area contributed by atoms with Gasteiger partial charge >= 0.3 is 6.09 Å². The Labute approximate surface area is 196 Å². The topological polar surface area (TPSA) is 84.0 Å². The Hall–Kier alpha value is -2.87. The summed E-state index contributed by atoms with van der Waals surface area (Å²) in [7, 11) is -3.34. The Morgan fingerprint density at radius 2 is 1.61 bits per heavy atom. The summed E-state index contributed by atoms with van der Waals surface area (Å²) < 4.78 is 30.5. The van der Waals surface area contributed by atoms with E-state index < -0.39 is 15.9 Å². The number of carbonyl (C=O) groups is 2. The van der Waals surface area contributed by atoms with E-state index in [2.05, 4.69) is 0 Å². The summed E-state index contributed by atoms with van der Waals surface area (Å²) in [6.45, 7) is 11.0. The highest BCUT2D eigenvalue weighted by Crippen LogP contribution is 2.39. The first-order chi connectivity index (χ1) is 15.4. The quantitative estimate of drug-likeness (QED) is 0.619. The van der Waals surface area contributed by atoms with Crippen LogP contribution in [0.4, 0.5) is 16.2 Å². The van der Waals surface area contributed by atoms with Crippen molar-refractivity contribution in [2.45, 2.75) is 58.6 Å². The first-order valence-electron chi connectivity index (χ1n) is 11.2. The minimum absolute atomic E-state index is 0.0403. The fourth-order valence-corrected chi connectivity index (χ4v) is 5.73. The second-order valence-electron chi connectivity index (χ2n) is 9.18. The van der Waals surface area contributed by atoms with Crippen LogP contribution in [-0.2, 0) is 19.4 Å². The monoisotopic (exact) mass is 472 g/mol. The number of rotatable bonds is 5. The molecule has 8 heteroatoms. The van der Waals surface area contributed by atoms with Crippen molar-refractivity contribution in [3.63, 3.8) is 0 Å². The maximum absolute atomic E-state index is 12.8. The van der Waals surface area contributed by atoms with Crippen LogP contribution in [-0.4, -0.2) is 44.9 Å². The summed E-state index contributed by atoms with van der Waals surface area (Å²) in [5.41, 5.74) is 2.85.